The highest BCUT2D eigenvalue weighted by Crippen LogP contribution is 2.58. The Hall–Kier alpha value is -1.32. The van der Waals surface area contributed by atoms with E-state index in [-0.39, 0.29) is 17.1 Å². The van der Waals surface area contributed by atoms with E-state index in [4.69, 9.17) is 27.9 Å². The Labute approximate surface area is 209 Å². The van der Waals surface area contributed by atoms with Gasteiger partial charge in [0, 0.05) is 19.5 Å². The lowest BCUT2D eigenvalue weighted by Gasteiger charge is -2.41. The molecular weight excluding hydrogens is 511 g/mol. The fourth-order valence-electron chi connectivity index (χ4n) is 4.84. The molecule has 3 aliphatic heterocycles. The summed E-state index contributed by atoms with van der Waals surface area (Å²) in [5.41, 5.74) is 2.15. The lowest BCUT2D eigenvalue weighted by atomic mass is 9.80. The predicted octanol–water partition coefficient (Wildman–Crippen LogP) is 7.35. The van der Waals surface area contributed by atoms with Gasteiger partial charge in [0.05, 0.1) is 21.9 Å². The number of alkyl halides is 3. The second-order valence-corrected chi connectivity index (χ2v) is 12.0. The summed E-state index contributed by atoms with van der Waals surface area (Å²) in [6.07, 6.45) is -5.30. The van der Waals surface area contributed by atoms with Crippen LogP contribution in [0.3, 0.4) is 0 Å². The van der Waals surface area contributed by atoms with Crippen molar-refractivity contribution in [3.63, 3.8) is 0 Å². The molecule has 1 N–H and O–H groups in total. The van der Waals surface area contributed by atoms with Crippen LogP contribution in [-0.4, -0.2) is 25.0 Å². The van der Waals surface area contributed by atoms with E-state index in [9.17, 15) is 17.6 Å². The lowest BCUT2D eigenvalue weighted by molar-refractivity contribution is -0.159. The molecule has 2 unspecified atom stereocenters. The zero-order valence-corrected chi connectivity index (χ0v) is 20.9. The van der Waals surface area contributed by atoms with Gasteiger partial charge in [-0.2, -0.15) is 13.2 Å². The van der Waals surface area contributed by atoms with Crippen molar-refractivity contribution in [3.8, 4) is 0 Å². The van der Waals surface area contributed by atoms with Crippen molar-refractivity contribution in [2.24, 2.45) is 9.81 Å². The molecule has 0 amide bonds. The third-order valence-electron chi connectivity index (χ3n) is 6.75. The standard InChI is InChI=1S/C24H22Cl2F4N2OS/c1-21(2,3)20-14-6-12(4-5-15(14)22(33-20)10-31-11-22)18-9-23(34-32-18,24(28,29)30)13-7-16(25)19(27)17(26)8-13/h4-8,20,31H,9-11H2,1-3H3. The van der Waals surface area contributed by atoms with Gasteiger partial charge in [0.2, 0.25) is 0 Å². The van der Waals surface area contributed by atoms with Gasteiger partial charge >= 0.3 is 6.18 Å². The minimum absolute atomic E-state index is 0.193. The van der Waals surface area contributed by atoms with Gasteiger partial charge in [-0.25, -0.2) is 8.79 Å². The van der Waals surface area contributed by atoms with E-state index in [2.05, 4.69) is 30.5 Å². The molecule has 2 aromatic rings. The first-order valence-corrected chi connectivity index (χ1v) is 12.3. The molecule has 0 aromatic heterocycles. The van der Waals surface area contributed by atoms with Crippen molar-refractivity contribution in [3.05, 3.63) is 68.4 Å². The molecule has 3 nitrogen and oxygen atoms in total. The molecular formula is C24H22Cl2F4N2OS. The Morgan fingerprint density at radius 3 is 2.26 bits per heavy atom. The summed E-state index contributed by atoms with van der Waals surface area (Å²) in [6, 6.07) is 7.64. The number of fused-ring (bicyclic) bond motifs is 2. The van der Waals surface area contributed by atoms with Crippen molar-refractivity contribution in [2.45, 2.75) is 49.8 Å². The molecule has 1 saturated heterocycles. The summed E-state index contributed by atoms with van der Waals surface area (Å²) in [4.78, 5) is 0. The SMILES string of the molecule is CC(C)(C)C1OC2(CNC2)c2ccc(C3=NSC(c4cc(Cl)c(F)c(Cl)c4)(C(F)(F)F)C3)cc21. The van der Waals surface area contributed by atoms with E-state index >= 15 is 0 Å². The molecule has 182 valence electrons. The maximum Gasteiger partial charge on any atom is 0.409 e. The number of rotatable bonds is 2. The minimum Gasteiger partial charge on any atom is -0.359 e. The fourth-order valence-corrected chi connectivity index (χ4v) is 6.29. The first-order chi connectivity index (χ1) is 15.8. The van der Waals surface area contributed by atoms with Gasteiger partial charge in [-0.3, -0.25) is 0 Å². The Kier molecular flexibility index (Phi) is 5.62. The largest absolute Gasteiger partial charge is 0.409 e. The van der Waals surface area contributed by atoms with E-state index in [1.165, 1.54) is 0 Å². The van der Waals surface area contributed by atoms with Crippen LogP contribution in [0.25, 0.3) is 0 Å². The Morgan fingerprint density at radius 1 is 1.09 bits per heavy atom. The quantitative estimate of drug-likeness (QED) is 0.249. The van der Waals surface area contributed by atoms with Gasteiger partial charge in [-0.15, -0.1) is 0 Å². The summed E-state index contributed by atoms with van der Waals surface area (Å²) >= 11 is 12.1. The predicted molar refractivity (Wildman–Crippen MR) is 127 cm³/mol. The zero-order chi connectivity index (χ0) is 24.7. The summed E-state index contributed by atoms with van der Waals surface area (Å²) in [7, 11) is 0. The number of halogens is 6. The molecule has 0 saturated carbocycles. The van der Waals surface area contributed by atoms with Crippen LogP contribution in [0.2, 0.25) is 10.0 Å². The topological polar surface area (TPSA) is 33.6 Å². The summed E-state index contributed by atoms with van der Waals surface area (Å²) in [5.74, 6) is -0.945. The molecule has 1 spiro atoms. The molecule has 3 heterocycles. The van der Waals surface area contributed by atoms with Crippen LogP contribution in [0.1, 0.15) is 55.5 Å². The number of hydrogen-bond donors (Lipinski definition) is 1. The second-order valence-electron chi connectivity index (χ2n) is 10.1. The molecule has 1 fully saturated rings. The van der Waals surface area contributed by atoms with Crippen LogP contribution in [0.5, 0.6) is 0 Å². The van der Waals surface area contributed by atoms with Crippen LogP contribution >= 0.6 is 35.1 Å². The van der Waals surface area contributed by atoms with E-state index < -0.39 is 38.8 Å². The van der Waals surface area contributed by atoms with Crippen LogP contribution in [0, 0.1) is 11.2 Å². The van der Waals surface area contributed by atoms with Crippen LogP contribution in [0.15, 0.2) is 34.7 Å². The molecule has 0 aliphatic carbocycles. The highest BCUT2D eigenvalue weighted by Gasteiger charge is 2.60. The van der Waals surface area contributed by atoms with Crippen LogP contribution in [0.4, 0.5) is 17.6 Å². The van der Waals surface area contributed by atoms with Gasteiger partial charge in [0.1, 0.15) is 5.60 Å². The molecule has 0 bridgehead atoms. The molecule has 2 aromatic carbocycles. The highest BCUT2D eigenvalue weighted by molar-refractivity contribution is 7.99. The lowest BCUT2D eigenvalue weighted by Crippen LogP contribution is -2.57. The third-order valence-corrected chi connectivity index (χ3v) is 8.53. The monoisotopic (exact) mass is 532 g/mol. The third kappa shape index (κ3) is 3.60. The van der Waals surface area contributed by atoms with Gasteiger partial charge in [-0.05, 0) is 57.8 Å². The Bertz CT molecular complexity index is 1180. The highest BCUT2D eigenvalue weighted by atomic mass is 35.5. The first kappa shape index (κ1) is 24.4. The maximum absolute atomic E-state index is 14.4. The normalized spacial score (nSPS) is 25.9. The van der Waals surface area contributed by atoms with Crippen molar-refractivity contribution in [1.29, 1.82) is 0 Å². The number of ether oxygens (including phenoxy) is 1. The van der Waals surface area contributed by atoms with Crippen LogP contribution < -0.4 is 5.32 Å². The van der Waals surface area contributed by atoms with Crippen LogP contribution in [-0.2, 0) is 15.1 Å². The van der Waals surface area contributed by atoms with E-state index in [1.54, 1.807) is 0 Å². The smallest absolute Gasteiger partial charge is 0.359 e. The van der Waals surface area contributed by atoms with Crippen molar-refractivity contribution >= 4 is 40.9 Å². The first-order valence-electron chi connectivity index (χ1n) is 10.8. The van der Waals surface area contributed by atoms with Gasteiger partial charge in [0.15, 0.2) is 10.6 Å². The average molecular weight is 533 g/mol. The van der Waals surface area contributed by atoms with E-state index in [1.807, 2.05) is 18.2 Å². The average Bonchev–Trinajstić information content (AvgIpc) is 3.31. The van der Waals surface area contributed by atoms with Crippen molar-refractivity contribution < 1.29 is 22.3 Å². The number of nitrogens with zero attached hydrogens (tertiary/aromatic N) is 1. The summed E-state index contributed by atoms with van der Waals surface area (Å²) in [5, 5.41) is 2.35. The van der Waals surface area contributed by atoms with Crippen molar-refractivity contribution in [2.75, 3.05) is 13.1 Å². The molecule has 3 aliphatic rings. The number of benzene rings is 2. The van der Waals surface area contributed by atoms with Gasteiger partial charge in [-0.1, -0.05) is 56.1 Å². The fraction of sp³-hybridized carbons (Fsp3) is 0.458. The number of hydrogen-bond acceptors (Lipinski definition) is 4. The van der Waals surface area contributed by atoms with Gasteiger partial charge in [0.25, 0.3) is 0 Å². The zero-order valence-electron chi connectivity index (χ0n) is 18.6. The van der Waals surface area contributed by atoms with Gasteiger partial charge < -0.3 is 10.1 Å². The molecule has 10 heteroatoms. The minimum atomic E-state index is -4.68. The van der Waals surface area contributed by atoms with E-state index in [0.717, 1.165) is 23.3 Å². The number of nitrogens with one attached hydrogen (secondary N) is 1. The Morgan fingerprint density at radius 2 is 1.74 bits per heavy atom. The maximum atomic E-state index is 14.4. The summed E-state index contributed by atoms with van der Waals surface area (Å²) in [6.45, 7) is 7.65. The summed E-state index contributed by atoms with van der Waals surface area (Å²) < 4.78 is 65.6. The molecule has 2 atom stereocenters. The molecule has 34 heavy (non-hydrogen) atoms. The van der Waals surface area contributed by atoms with E-state index in [0.29, 0.717) is 36.3 Å². The molecule has 0 radical (unpaired) electrons. The molecule has 5 rings (SSSR count). The van der Waals surface area contributed by atoms with Crippen molar-refractivity contribution in [1.82, 2.24) is 5.32 Å². The second kappa shape index (κ2) is 7.84. The Balaban J connectivity index is 1.54.